The average Bonchev–Trinajstić information content (AvgIpc) is 2.57. The molecule has 1 amide bonds. The van der Waals surface area contributed by atoms with Crippen molar-refractivity contribution in [1.82, 2.24) is 10.3 Å². The Labute approximate surface area is 142 Å². The highest BCUT2D eigenvalue weighted by Crippen LogP contribution is 2.12. The van der Waals surface area contributed by atoms with Crippen LogP contribution in [0, 0.1) is 5.92 Å². The fraction of sp³-hybridized carbons (Fsp3) is 0.368. The summed E-state index contributed by atoms with van der Waals surface area (Å²) in [6.07, 6.45) is 2.36. The lowest BCUT2D eigenvalue weighted by Gasteiger charge is -2.12. The van der Waals surface area contributed by atoms with Gasteiger partial charge in [-0.15, -0.1) is 0 Å². The Bertz CT molecular complexity index is 698. The van der Waals surface area contributed by atoms with Crippen molar-refractivity contribution in [3.8, 4) is 0 Å². The number of ether oxygens (including phenoxy) is 1. The number of carbonyl (C=O) groups is 1. The summed E-state index contributed by atoms with van der Waals surface area (Å²) >= 11 is 0. The average molecular weight is 328 g/mol. The molecule has 0 aliphatic carbocycles. The van der Waals surface area contributed by atoms with Crippen LogP contribution in [-0.2, 0) is 9.53 Å². The SMILES string of the molecule is CC(C)COCC(O)CNC(=O)/C=C/c1ccc2ccccc2n1. The highest BCUT2D eigenvalue weighted by Gasteiger charge is 2.06. The van der Waals surface area contributed by atoms with E-state index in [9.17, 15) is 9.90 Å². The Morgan fingerprint density at radius 2 is 2.04 bits per heavy atom. The van der Waals surface area contributed by atoms with Crippen LogP contribution in [-0.4, -0.2) is 41.9 Å². The van der Waals surface area contributed by atoms with Crippen molar-refractivity contribution < 1.29 is 14.6 Å². The van der Waals surface area contributed by atoms with E-state index in [1.165, 1.54) is 6.08 Å². The molecule has 1 aromatic carbocycles. The third kappa shape index (κ3) is 6.10. The molecule has 2 N–H and O–H groups in total. The van der Waals surface area contributed by atoms with E-state index in [2.05, 4.69) is 10.3 Å². The molecule has 1 heterocycles. The molecular weight excluding hydrogens is 304 g/mol. The highest BCUT2D eigenvalue weighted by molar-refractivity contribution is 5.91. The summed E-state index contributed by atoms with van der Waals surface area (Å²) in [5.41, 5.74) is 1.60. The molecule has 2 rings (SSSR count). The van der Waals surface area contributed by atoms with Gasteiger partial charge in [-0.05, 0) is 24.1 Å². The van der Waals surface area contributed by atoms with E-state index in [0.717, 1.165) is 10.9 Å². The number of fused-ring (bicyclic) bond motifs is 1. The fourth-order valence-electron chi connectivity index (χ4n) is 2.11. The van der Waals surface area contributed by atoms with Gasteiger partial charge in [-0.3, -0.25) is 4.79 Å². The van der Waals surface area contributed by atoms with Crippen molar-refractivity contribution in [1.29, 1.82) is 0 Å². The third-order valence-corrected chi connectivity index (χ3v) is 3.30. The smallest absolute Gasteiger partial charge is 0.244 e. The van der Waals surface area contributed by atoms with Gasteiger partial charge in [0.1, 0.15) is 0 Å². The van der Waals surface area contributed by atoms with Crippen molar-refractivity contribution in [3.63, 3.8) is 0 Å². The van der Waals surface area contributed by atoms with Crippen LogP contribution in [0.5, 0.6) is 0 Å². The number of amides is 1. The van der Waals surface area contributed by atoms with Gasteiger partial charge in [0.2, 0.25) is 5.91 Å². The van der Waals surface area contributed by atoms with Crippen LogP contribution in [0.2, 0.25) is 0 Å². The number of carbonyl (C=O) groups excluding carboxylic acids is 1. The van der Waals surface area contributed by atoms with Crippen molar-refractivity contribution in [2.45, 2.75) is 20.0 Å². The minimum Gasteiger partial charge on any atom is -0.389 e. The molecule has 5 heteroatoms. The third-order valence-electron chi connectivity index (χ3n) is 3.30. The zero-order valence-corrected chi connectivity index (χ0v) is 14.1. The molecule has 2 aromatic rings. The van der Waals surface area contributed by atoms with E-state index in [-0.39, 0.29) is 19.1 Å². The summed E-state index contributed by atoms with van der Waals surface area (Å²) in [5.74, 6) is 0.150. The molecule has 1 aromatic heterocycles. The zero-order valence-electron chi connectivity index (χ0n) is 14.1. The maximum Gasteiger partial charge on any atom is 0.244 e. The number of aromatic nitrogens is 1. The largest absolute Gasteiger partial charge is 0.389 e. The number of rotatable bonds is 8. The van der Waals surface area contributed by atoms with Gasteiger partial charge in [0.05, 0.1) is 23.9 Å². The number of aliphatic hydroxyl groups is 1. The lowest BCUT2D eigenvalue weighted by atomic mass is 10.2. The molecule has 0 bridgehead atoms. The lowest BCUT2D eigenvalue weighted by molar-refractivity contribution is -0.117. The minimum atomic E-state index is -0.708. The van der Waals surface area contributed by atoms with Crippen LogP contribution in [0.15, 0.2) is 42.5 Å². The molecule has 128 valence electrons. The van der Waals surface area contributed by atoms with Crippen LogP contribution in [0.4, 0.5) is 0 Å². The van der Waals surface area contributed by atoms with E-state index < -0.39 is 6.10 Å². The lowest BCUT2D eigenvalue weighted by Crippen LogP contribution is -2.33. The number of hydrogen-bond donors (Lipinski definition) is 2. The first-order chi connectivity index (χ1) is 11.5. The predicted octanol–water partition coefficient (Wildman–Crippen LogP) is 2.40. The standard InChI is InChI=1S/C19H24N2O3/c1-14(2)12-24-13-17(22)11-20-19(23)10-9-16-8-7-15-5-3-4-6-18(15)21-16/h3-10,14,17,22H,11-13H2,1-2H3,(H,20,23)/b10-9+. The van der Waals surface area contributed by atoms with Gasteiger partial charge < -0.3 is 15.2 Å². The van der Waals surface area contributed by atoms with Gasteiger partial charge in [0, 0.05) is 24.6 Å². The number of nitrogens with one attached hydrogen (secondary N) is 1. The fourth-order valence-corrected chi connectivity index (χ4v) is 2.11. The molecule has 0 spiro atoms. The predicted molar refractivity (Wildman–Crippen MR) is 95.5 cm³/mol. The van der Waals surface area contributed by atoms with Crippen molar-refractivity contribution in [3.05, 3.63) is 48.2 Å². The van der Waals surface area contributed by atoms with E-state index in [1.807, 2.05) is 50.2 Å². The zero-order chi connectivity index (χ0) is 17.4. The summed E-state index contributed by atoms with van der Waals surface area (Å²) in [6.45, 7) is 5.05. The van der Waals surface area contributed by atoms with Crippen LogP contribution in [0.25, 0.3) is 17.0 Å². The normalized spacial score (nSPS) is 12.8. The Balaban J connectivity index is 1.79. The molecule has 0 saturated heterocycles. The summed E-state index contributed by atoms with van der Waals surface area (Å²) in [5, 5.41) is 13.4. The van der Waals surface area contributed by atoms with Crippen LogP contribution >= 0.6 is 0 Å². The van der Waals surface area contributed by atoms with Gasteiger partial charge in [-0.1, -0.05) is 38.1 Å². The molecule has 0 aliphatic heterocycles. The molecule has 5 nitrogen and oxygen atoms in total. The maximum atomic E-state index is 11.8. The second kappa shape index (κ2) is 9.15. The minimum absolute atomic E-state index is 0.159. The second-order valence-corrected chi connectivity index (χ2v) is 6.09. The Morgan fingerprint density at radius 3 is 2.83 bits per heavy atom. The number of aliphatic hydroxyl groups excluding tert-OH is 1. The first kappa shape index (κ1) is 18.1. The van der Waals surface area contributed by atoms with E-state index >= 15 is 0 Å². The van der Waals surface area contributed by atoms with Crippen molar-refractivity contribution >= 4 is 22.9 Å². The monoisotopic (exact) mass is 328 g/mol. The Hall–Kier alpha value is -2.24. The van der Waals surface area contributed by atoms with Gasteiger partial charge in [-0.25, -0.2) is 4.98 Å². The summed E-state index contributed by atoms with van der Waals surface area (Å²) < 4.78 is 5.33. The van der Waals surface area contributed by atoms with E-state index in [1.54, 1.807) is 6.08 Å². The molecule has 0 radical (unpaired) electrons. The number of pyridine rings is 1. The quantitative estimate of drug-likeness (QED) is 0.730. The molecule has 1 unspecified atom stereocenters. The van der Waals surface area contributed by atoms with Crippen molar-refractivity contribution in [2.24, 2.45) is 5.92 Å². The molecule has 24 heavy (non-hydrogen) atoms. The first-order valence-corrected chi connectivity index (χ1v) is 8.12. The van der Waals surface area contributed by atoms with Crippen LogP contribution < -0.4 is 5.32 Å². The van der Waals surface area contributed by atoms with Gasteiger partial charge in [0.25, 0.3) is 0 Å². The molecule has 0 saturated carbocycles. The van der Waals surface area contributed by atoms with E-state index in [0.29, 0.717) is 18.2 Å². The highest BCUT2D eigenvalue weighted by atomic mass is 16.5. The van der Waals surface area contributed by atoms with Crippen LogP contribution in [0.3, 0.4) is 0 Å². The van der Waals surface area contributed by atoms with Gasteiger partial charge >= 0.3 is 0 Å². The maximum absolute atomic E-state index is 11.8. The summed E-state index contributed by atoms with van der Waals surface area (Å²) in [7, 11) is 0. The molecular formula is C19H24N2O3. The van der Waals surface area contributed by atoms with Gasteiger partial charge in [-0.2, -0.15) is 0 Å². The second-order valence-electron chi connectivity index (χ2n) is 6.09. The number of hydrogen-bond acceptors (Lipinski definition) is 4. The summed E-state index contributed by atoms with van der Waals surface area (Å²) in [6, 6.07) is 11.6. The molecule has 0 aliphatic rings. The Morgan fingerprint density at radius 1 is 1.25 bits per heavy atom. The molecule has 1 atom stereocenters. The van der Waals surface area contributed by atoms with E-state index in [4.69, 9.17) is 4.74 Å². The topological polar surface area (TPSA) is 71.5 Å². The Kier molecular flexibility index (Phi) is 6.90. The van der Waals surface area contributed by atoms with Crippen LogP contribution in [0.1, 0.15) is 19.5 Å². The first-order valence-electron chi connectivity index (χ1n) is 8.12. The number of para-hydroxylation sites is 1. The number of benzene rings is 1. The van der Waals surface area contributed by atoms with Gasteiger partial charge in [0.15, 0.2) is 0 Å². The molecule has 0 fully saturated rings. The van der Waals surface area contributed by atoms with Crippen molar-refractivity contribution in [2.75, 3.05) is 19.8 Å². The number of nitrogens with zero attached hydrogens (tertiary/aromatic N) is 1. The summed E-state index contributed by atoms with van der Waals surface area (Å²) in [4.78, 5) is 16.3.